The minimum absolute atomic E-state index is 0.596. The van der Waals surface area contributed by atoms with Gasteiger partial charge in [0.15, 0.2) is 9.84 Å². The average Bonchev–Trinajstić information content (AvgIpc) is 2.61. The Balaban J connectivity index is 1.91. The van der Waals surface area contributed by atoms with E-state index in [1.165, 1.54) is 0 Å². The highest BCUT2D eigenvalue weighted by atomic mass is 32.2. The molecule has 0 N–H and O–H groups in total. The van der Waals surface area contributed by atoms with Gasteiger partial charge in [-0.1, -0.05) is 86.0 Å². The van der Waals surface area contributed by atoms with Crippen LogP contribution < -0.4 is 0 Å². The standard InChI is InChI=1S/C22H18O2S/c1-15-11-13-17-7-3-5-9-19(17)21(15)25(23,24)22-16(2)12-14-18-8-4-6-10-20(18)22/h3-14,21-22H,1-2H2. The van der Waals surface area contributed by atoms with Crippen LogP contribution in [0.2, 0.25) is 0 Å². The molecule has 2 nitrogen and oxygen atoms in total. The van der Waals surface area contributed by atoms with Gasteiger partial charge in [0.1, 0.15) is 10.5 Å². The third-order valence-corrected chi connectivity index (χ3v) is 7.27. The maximum Gasteiger partial charge on any atom is 0.172 e. The second kappa shape index (κ2) is 5.71. The SMILES string of the molecule is C=C1C=Cc2ccccc2C1S(=O)(=O)C1C(=C)C=Cc2ccccc21. The molecule has 0 spiro atoms. The lowest BCUT2D eigenvalue weighted by Gasteiger charge is -2.31. The van der Waals surface area contributed by atoms with Crippen LogP contribution in [0.15, 0.2) is 85.0 Å². The van der Waals surface area contributed by atoms with E-state index in [2.05, 4.69) is 13.2 Å². The second-order valence-corrected chi connectivity index (χ2v) is 8.54. The van der Waals surface area contributed by atoms with Gasteiger partial charge >= 0.3 is 0 Å². The van der Waals surface area contributed by atoms with E-state index in [9.17, 15) is 8.42 Å². The normalized spacial score (nSPS) is 21.8. The minimum atomic E-state index is -3.61. The molecule has 0 heterocycles. The molecule has 2 aliphatic rings. The Bertz CT molecular complexity index is 975. The topological polar surface area (TPSA) is 34.1 Å². The van der Waals surface area contributed by atoms with E-state index in [0.717, 1.165) is 22.3 Å². The molecule has 0 aliphatic heterocycles. The van der Waals surface area contributed by atoms with E-state index < -0.39 is 20.3 Å². The fourth-order valence-electron chi connectivity index (χ4n) is 3.68. The molecule has 0 fully saturated rings. The molecule has 2 aliphatic carbocycles. The van der Waals surface area contributed by atoms with Gasteiger partial charge in [-0.05, 0) is 33.4 Å². The summed E-state index contributed by atoms with van der Waals surface area (Å²) in [6, 6.07) is 15.2. The zero-order valence-electron chi connectivity index (χ0n) is 13.7. The summed E-state index contributed by atoms with van der Waals surface area (Å²) in [5.74, 6) is 0. The van der Waals surface area contributed by atoms with Gasteiger partial charge < -0.3 is 0 Å². The Morgan fingerprint density at radius 2 is 1.04 bits per heavy atom. The molecule has 0 bridgehead atoms. The third kappa shape index (κ3) is 2.43. The van der Waals surface area contributed by atoms with Gasteiger partial charge in [-0.3, -0.25) is 0 Å². The quantitative estimate of drug-likeness (QED) is 0.762. The first kappa shape index (κ1) is 15.9. The van der Waals surface area contributed by atoms with E-state index >= 15 is 0 Å². The van der Waals surface area contributed by atoms with Crippen LogP contribution in [-0.2, 0) is 9.84 Å². The number of fused-ring (bicyclic) bond motifs is 2. The highest BCUT2D eigenvalue weighted by Gasteiger charge is 2.41. The first-order valence-corrected chi connectivity index (χ1v) is 9.75. The highest BCUT2D eigenvalue weighted by Crippen LogP contribution is 2.47. The van der Waals surface area contributed by atoms with Crippen LogP contribution in [0.5, 0.6) is 0 Å². The molecule has 0 saturated heterocycles. The van der Waals surface area contributed by atoms with E-state index in [-0.39, 0.29) is 0 Å². The van der Waals surface area contributed by atoms with Gasteiger partial charge in [-0.25, -0.2) is 8.42 Å². The lowest BCUT2D eigenvalue weighted by atomic mass is 9.93. The number of allylic oxidation sites excluding steroid dienone is 2. The zero-order chi connectivity index (χ0) is 17.6. The molecular weight excluding hydrogens is 328 g/mol. The van der Waals surface area contributed by atoms with Crippen molar-refractivity contribution in [3.8, 4) is 0 Å². The molecule has 0 saturated carbocycles. The Labute approximate surface area is 148 Å². The summed E-state index contributed by atoms with van der Waals surface area (Å²) in [5.41, 5.74) is 4.61. The first-order valence-electron chi connectivity index (χ1n) is 8.14. The van der Waals surface area contributed by atoms with Crippen molar-refractivity contribution in [1.82, 2.24) is 0 Å². The predicted molar refractivity (Wildman–Crippen MR) is 104 cm³/mol. The third-order valence-electron chi connectivity index (χ3n) is 4.84. The summed E-state index contributed by atoms with van der Waals surface area (Å²) in [7, 11) is -3.61. The van der Waals surface area contributed by atoms with Gasteiger partial charge in [0.2, 0.25) is 0 Å². The van der Waals surface area contributed by atoms with Crippen LogP contribution >= 0.6 is 0 Å². The molecule has 0 aromatic heterocycles. The maximum absolute atomic E-state index is 13.7. The van der Waals surface area contributed by atoms with Crippen molar-refractivity contribution in [2.75, 3.05) is 0 Å². The van der Waals surface area contributed by atoms with Gasteiger partial charge in [0, 0.05) is 0 Å². The van der Waals surface area contributed by atoms with Crippen LogP contribution in [0.1, 0.15) is 32.8 Å². The van der Waals surface area contributed by atoms with Gasteiger partial charge in [-0.2, -0.15) is 0 Å². The molecule has 2 unspecified atom stereocenters. The molecule has 124 valence electrons. The fourth-order valence-corrected chi connectivity index (χ4v) is 6.09. The van der Waals surface area contributed by atoms with Crippen LogP contribution in [0.4, 0.5) is 0 Å². The molecule has 4 rings (SSSR count). The Morgan fingerprint density at radius 1 is 0.640 bits per heavy atom. The maximum atomic E-state index is 13.7. The average molecular weight is 346 g/mol. The van der Waals surface area contributed by atoms with Crippen molar-refractivity contribution in [2.24, 2.45) is 0 Å². The van der Waals surface area contributed by atoms with Crippen molar-refractivity contribution in [2.45, 2.75) is 10.5 Å². The lowest BCUT2D eigenvalue weighted by Crippen LogP contribution is -2.26. The molecule has 25 heavy (non-hydrogen) atoms. The van der Waals surface area contributed by atoms with Gasteiger partial charge in [-0.15, -0.1) is 0 Å². The zero-order valence-corrected chi connectivity index (χ0v) is 14.5. The van der Waals surface area contributed by atoms with Crippen LogP contribution in [0.25, 0.3) is 12.2 Å². The van der Waals surface area contributed by atoms with E-state index in [4.69, 9.17) is 0 Å². The van der Waals surface area contributed by atoms with E-state index in [0.29, 0.717) is 11.1 Å². The molecule has 3 heteroatoms. The summed E-state index contributed by atoms with van der Waals surface area (Å²) >= 11 is 0. The molecule has 0 amide bonds. The van der Waals surface area contributed by atoms with E-state index in [1.807, 2.05) is 60.7 Å². The smallest absolute Gasteiger partial charge is 0.172 e. The molecule has 2 aromatic rings. The first-order chi connectivity index (χ1) is 12.0. The van der Waals surface area contributed by atoms with Crippen molar-refractivity contribution >= 4 is 22.0 Å². The van der Waals surface area contributed by atoms with Crippen molar-refractivity contribution in [3.05, 3.63) is 107 Å². The summed E-state index contributed by atoms with van der Waals surface area (Å²) in [6.07, 6.45) is 7.45. The number of hydrogen-bond donors (Lipinski definition) is 0. The summed E-state index contributed by atoms with van der Waals surface area (Å²) in [6.45, 7) is 8.05. The molecule has 2 aromatic carbocycles. The van der Waals surface area contributed by atoms with Gasteiger partial charge in [0.25, 0.3) is 0 Å². The number of hydrogen-bond acceptors (Lipinski definition) is 2. The molecule has 0 radical (unpaired) electrons. The van der Waals surface area contributed by atoms with Crippen LogP contribution in [0, 0.1) is 0 Å². The number of sulfone groups is 1. The van der Waals surface area contributed by atoms with Gasteiger partial charge in [0.05, 0.1) is 0 Å². The Hall–Kier alpha value is -2.65. The largest absolute Gasteiger partial charge is 0.227 e. The number of benzene rings is 2. The van der Waals surface area contributed by atoms with Crippen molar-refractivity contribution < 1.29 is 8.42 Å². The molecule has 2 atom stereocenters. The van der Waals surface area contributed by atoms with Crippen LogP contribution in [0.3, 0.4) is 0 Å². The summed E-state index contributed by atoms with van der Waals surface area (Å²) in [5, 5.41) is -1.51. The summed E-state index contributed by atoms with van der Waals surface area (Å²) < 4.78 is 27.4. The minimum Gasteiger partial charge on any atom is -0.227 e. The lowest BCUT2D eigenvalue weighted by molar-refractivity contribution is 0.581. The van der Waals surface area contributed by atoms with Crippen molar-refractivity contribution in [1.29, 1.82) is 0 Å². The fraction of sp³-hybridized carbons (Fsp3) is 0.0909. The Morgan fingerprint density at radius 3 is 1.48 bits per heavy atom. The summed E-state index contributed by atoms with van der Waals surface area (Å²) in [4.78, 5) is 0. The predicted octanol–water partition coefficient (Wildman–Crippen LogP) is 5.05. The Kier molecular flexibility index (Phi) is 3.62. The van der Waals surface area contributed by atoms with E-state index in [1.54, 1.807) is 12.2 Å². The second-order valence-electron chi connectivity index (χ2n) is 6.42. The molecular formula is C22H18O2S. The number of rotatable bonds is 2. The van der Waals surface area contributed by atoms with Crippen LogP contribution in [-0.4, -0.2) is 8.42 Å². The van der Waals surface area contributed by atoms with Crippen molar-refractivity contribution in [3.63, 3.8) is 0 Å². The highest BCUT2D eigenvalue weighted by molar-refractivity contribution is 7.92. The monoisotopic (exact) mass is 346 g/mol.